The first-order valence-electron chi connectivity index (χ1n) is 8.93. The minimum atomic E-state index is -4.54. The zero-order chi connectivity index (χ0) is 22.5. The molecule has 0 aliphatic rings. The molecule has 162 valence electrons. The first-order chi connectivity index (χ1) is 14.0. The molecule has 11 heteroatoms. The van der Waals surface area contributed by atoms with Gasteiger partial charge in [0, 0.05) is 23.9 Å². The molecule has 7 nitrogen and oxygen atoms in total. The second-order valence-corrected chi connectivity index (χ2v) is 7.16. The molecule has 0 unspecified atom stereocenters. The number of amides is 1. The number of nitrogens with one attached hydrogen (secondary N) is 1. The minimum absolute atomic E-state index is 0.0131. The van der Waals surface area contributed by atoms with Crippen molar-refractivity contribution in [3.63, 3.8) is 0 Å². The Morgan fingerprint density at radius 3 is 2.60 bits per heavy atom. The second kappa shape index (κ2) is 9.75. The average Bonchev–Trinajstić information content (AvgIpc) is 2.66. The van der Waals surface area contributed by atoms with Crippen molar-refractivity contribution in [3.05, 3.63) is 46.7 Å². The Hall–Kier alpha value is -2.88. The predicted octanol–water partition coefficient (Wildman–Crippen LogP) is 3.92. The summed E-state index contributed by atoms with van der Waals surface area (Å²) in [5, 5.41) is 2.41. The molecule has 0 bridgehead atoms. The van der Waals surface area contributed by atoms with Crippen LogP contribution in [0.4, 0.5) is 19.0 Å². The smallest absolute Gasteiger partial charge is 0.417 e. The number of rotatable bonds is 7. The van der Waals surface area contributed by atoms with Crippen LogP contribution >= 0.6 is 11.6 Å². The van der Waals surface area contributed by atoms with Gasteiger partial charge < -0.3 is 15.8 Å². The van der Waals surface area contributed by atoms with Gasteiger partial charge in [-0.25, -0.2) is 9.97 Å². The molecule has 2 aromatic rings. The summed E-state index contributed by atoms with van der Waals surface area (Å²) in [6, 6.07) is 3.51. The number of alkyl halides is 3. The number of ether oxygens (including phenoxy) is 1. The Balaban J connectivity index is 2.03. The minimum Gasteiger partial charge on any atom is -0.474 e. The lowest BCUT2D eigenvalue weighted by Crippen LogP contribution is -2.22. The number of halogens is 4. The fourth-order valence-electron chi connectivity index (χ4n) is 2.16. The van der Waals surface area contributed by atoms with Crippen LogP contribution in [0.2, 0.25) is 5.02 Å². The van der Waals surface area contributed by atoms with Crippen LogP contribution in [0.1, 0.15) is 31.9 Å². The van der Waals surface area contributed by atoms with Crippen molar-refractivity contribution >= 4 is 29.2 Å². The number of hydrogen-bond donors (Lipinski definition) is 2. The van der Waals surface area contributed by atoms with Gasteiger partial charge in [-0.3, -0.25) is 9.79 Å². The summed E-state index contributed by atoms with van der Waals surface area (Å²) < 4.78 is 43.3. The number of aromatic nitrogens is 2. The molecule has 2 aromatic heterocycles. The van der Waals surface area contributed by atoms with Gasteiger partial charge in [0.2, 0.25) is 11.8 Å². The Bertz CT molecular complexity index is 935. The van der Waals surface area contributed by atoms with Gasteiger partial charge in [0.05, 0.1) is 11.6 Å². The third-order valence-electron chi connectivity index (χ3n) is 3.79. The lowest BCUT2D eigenvalue weighted by molar-refractivity contribution is -0.137. The van der Waals surface area contributed by atoms with Gasteiger partial charge in [0.1, 0.15) is 23.3 Å². The van der Waals surface area contributed by atoms with Crippen molar-refractivity contribution in [1.29, 1.82) is 0 Å². The van der Waals surface area contributed by atoms with Crippen LogP contribution in [0.3, 0.4) is 0 Å². The fraction of sp³-hybridized carbons (Fsp3) is 0.368. The van der Waals surface area contributed by atoms with E-state index in [1.165, 1.54) is 6.20 Å². The number of nitrogens with zero attached hydrogens (tertiary/aromatic N) is 3. The van der Waals surface area contributed by atoms with Gasteiger partial charge >= 0.3 is 6.18 Å². The van der Waals surface area contributed by atoms with Crippen LogP contribution in [0.5, 0.6) is 5.88 Å². The number of pyridine rings is 2. The highest BCUT2D eigenvalue weighted by Crippen LogP contribution is 2.33. The molecule has 1 amide bonds. The largest absolute Gasteiger partial charge is 0.474 e. The third kappa shape index (κ3) is 6.58. The molecule has 0 radical (unpaired) electrons. The van der Waals surface area contributed by atoms with E-state index in [1.54, 1.807) is 32.9 Å². The van der Waals surface area contributed by atoms with E-state index >= 15 is 0 Å². The van der Waals surface area contributed by atoms with E-state index in [1.807, 2.05) is 0 Å². The van der Waals surface area contributed by atoms with Crippen molar-refractivity contribution < 1.29 is 22.7 Å². The zero-order valence-corrected chi connectivity index (χ0v) is 17.3. The van der Waals surface area contributed by atoms with E-state index in [0.717, 1.165) is 6.07 Å². The second-order valence-electron chi connectivity index (χ2n) is 6.76. The van der Waals surface area contributed by atoms with Gasteiger partial charge in [-0.15, -0.1) is 0 Å². The number of amidine groups is 1. The molecule has 2 rings (SSSR count). The van der Waals surface area contributed by atoms with Crippen LogP contribution in [0.25, 0.3) is 0 Å². The summed E-state index contributed by atoms with van der Waals surface area (Å²) in [6.45, 7) is 5.21. The summed E-state index contributed by atoms with van der Waals surface area (Å²) in [5.41, 5.74) is 5.59. The first kappa shape index (κ1) is 23.4. The van der Waals surface area contributed by atoms with E-state index in [-0.39, 0.29) is 35.2 Å². The molecule has 1 atom stereocenters. The Morgan fingerprint density at radius 1 is 1.30 bits per heavy atom. The highest BCUT2D eigenvalue weighted by Gasteiger charge is 2.31. The topological polar surface area (TPSA) is 102 Å². The van der Waals surface area contributed by atoms with Crippen molar-refractivity contribution in [1.82, 2.24) is 9.97 Å². The van der Waals surface area contributed by atoms with E-state index < -0.39 is 17.8 Å². The summed E-state index contributed by atoms with van der Waals surface area (Å²) in [4.78, 5) is 23.7. The number of aliphatic imine (C=N–C) groups is 1. The summed E-state index contributed by atoms with van der Waals surface area (Å²) in [6.07, 6.45) is -2.41. The molecular weight excluding hydrogens is 423 g/mol. The summed E-state index contributed by atoms with van der Waals surface area (Å²) in [7, 11) is 0. The lowest BCUT2D eigenvalue weighted by atomic mass is 10.2. The number of carbonyl (C=O) groups excluding carboxylic acids is 1. The Labute approximate surface area is 176 Å². The first-order valence-corrected chi connectivity index (χ1v) is 9.31. The normalized spacial score (nSPS) is 13.3. The van der Waals surface area contributed by atoms with E-state index in [9.17, 15) is 18.0 Å². The number of carbonyl (C=O) groups is 1. The van der Waals surface area contributed by atoms with E-state index in [4.69, 9.17) is 22.1 Å². The average molecular weight is 444 g/mol. The van der Waals surface area contributed by atoms with Crippen LogP contribution in [-0.2, 0) is 11.0 Å². The number of anilines is 1. The van der Waals surface area contributed by atoms with Crippen LogP contribution in [-0.4, -0.2) is 34.4 Å². The monoisotopic (exact) mass is 443 g/mol. The highest BCUT2D eigenvalue weighted by atomic mass is 35.5. The summed E-state index contributed by atoms with van der Waals surface area (Å²) >= 11 is 5.81. The molecule has 0 fully saturated rings. The van der Waals surface area contributed by atoms with Crippen LogP contribution in [0.15, 0.2) is 35.6 Å². The third-order valence-corrected chi connectivity index (χ3v) is 4.06. The maximum absolute atomic E-state index is 12.7. The van der Waals surface area contributed by atoms with Crippen molar-refractivity contribution in [3.8, 4) is 5.88 Å². The van der Waals surface area contributed by atoms with Crippen LogP contribution < -0.4 is 15.8 Å². The van der Waals surface area contributed by atoms with Gasteiger partial charge in [-0.1, -0.05) is 25.4 Å². The molecule has 0 spiro atoms. The van der Waals surface area contributed by atoms with Crippen LogP contribution in [0, 0.1) is 5.92 Å². The highest BCUT2D eigenvalue weighted by molar-refractivity contribution is 6.31. The maximum Gasteiger partial charge on any atom is 0.417 e. The molecule has 0 aromatic carbocycles. The molecule has 0 aliphatic heterocycles. The van der Waals surface area contributed by atoms with E-state index in [2.05, 4.69) is 20.3 Å². The Morgan fingerprint density at radius 2 is 2.00 bits per heavy atom. The number of nitrogens with two attached hydrogens (primary N) is 1. The van der Waals surface area contributed by atoms with Crippen molar-refractivity contribution in [2.45, 2.75) is 33.0 Å². The lowest BCUT2D eigenvalue weighted by Gasteiger charge is -2.13. The SMILES string of the molecule is CC(C)C(=O)Nc1cc(C(N)=N[C@H](C)COc2ncc(C(F)(F)F)cc2Cl)ccn1. The van der Waals surface area contributed by atoms with Gasteiger partial charge in [0.25, 0.3) is 0 Å². The van der Waals surface area contributed by atoms with Crippen molar-refractivity contribution in [2.24, 2.45) is 16.6 Å². The molecule has 0 saturated carbocycles. The summed E-state index contributed by atoms with van der Waals surface area (Å²) in [5.74, 6) is 0.00372. The fourth-order valence-corrected chi connectivity index (χ4v) is 2.39. The number of hydrogen-bond acceptors (Lipinski definition) is 5. The standard InChI is InChI=1S/C19H21ClF3N5O2/c1-10(2)17(29)28-15-6-12(4-5-25-15)16(24)27-11(3)9-30-18-14(20)7-13(8-26-18)19(21,22)23/h4-8,10-11H,9H2,1-3H3,(H2,24,27)(H,25,28,29)/t11-/m1/s1. The molecule has 30 heavy (non-hydrogen) atoms. The van der Waals surface area contributed by atoms with Gasteiger partial charge in [-0.05, 0) is 25.1 Å². The quantitative estimate of drug-likeness (QED) is 0.499. The maximum atomic E-state index is 12.7. The Kier molecular flexibility index (Phi) is 7.60. The molecule has 2 heterocycles. The van der Waals surface area contributed by atoms with E-state index in [0.29, 0.717) is 17.6 Å². The zero-order valence-electron chi connectivity index (χ0n) is 16.5. The predicted molar refractivity (Wildman–Crippen MR) is 108 cm³/mol. The molecule has 0 aliphatic carbocycles. The molecule has 3 N–H and O–H groups in total. The molecule has 0 saturated heterocycles. The van der Waals surface area contributed by atoms with Crippen molar-refractivity contribution in [2.75, 3.05) is 11.9 Å². The van der Waals surface area contributed by atoms with Gasteiger partial charge in [0.15, 0.2) is 0 Å². The molecular formula is C19H21ClF3N5O2. The van der Waals surface area contributed by atoms with Gasteiger partial charge in [-0.2, -0.15) is 13.2 Å².